The van der Waals surface area contributed by atoms with Crippen molar-refractivity contribution in [1.82, 2.24) is 9.38 Å². The average molecular weight is 336 g/mol. The maximum Gasteiger partial charge on any atom is 0.137 e. The molecule has 22 heavy (non-hydrogen) atoms. The van der Waals surface area contributed by atoms with E-state index < -0.39 is 0 Å². The molecule has 0 saturated heterocycles. The van der Waals surface area contributed by atoms with Gasteiger partial charge in [0.05, 0.1) is 22.8 Å². The molecule has 0 aliphatic carbocycles. The maximum atomic E-state index is 6.36. The summed E-state index contributed by atoms with van der Waals surface area (Å²) >= 11 is 12.5. The van der Waals surface area contributed by atoms with E-state index in [-0.39, 0.29) is 0 Å². The quantitative estimate of drug-likeness (QED) is 0.788. The van der Waals surface area contributed by atoms with E-state index in [9.17, 15) is 0 Å². The first-order valence-electron chi connectivity index (χ1n) is 6.84. The Morgan fingerprint density at radius 3 is 2.82 bits per heavy atom. The molecule has 0 fully saturated rings. The van der Waals surface area contributed by atoms with Crippen LogP contribution < -0.4 is 10.5 Å². The second kappa shape index (κ2) is 6.16. The maximum absolute atomic E-state index is 6.36. The highest BCUT2D eigenvalue weighted by atomic mass is 35.5. The largest absolute Gasteiger partial charge is 0.496 e. The van der Waals surface area contributed by atoms with Crippen LogP contribution in [-0.2, 0) is 6.42 Å². The molecule has 114 valence electrons. The smallest absolute Gasteiger partial charge is 0.137 e. The molecule has 0 amide bonds. The van der Waals surface area contributed by atoms with E-state index in [1.807, 2.05) is 28.9 Å². The summed E-state index contributed by atoms with van der Waals surface area (Å²) in [6, 6.07) is 7.44. The number of pyridine rings is 1. The average Bonchev–Trinajstić information content (AvgIpc) is 2.91. The highest BCUT2D eigenvalue weighted by Crippen LogP contribution is 2.40. The molecule has 0 radical (unpaired) electrons. The Hall–Kier alpha value is -1.75. The van der Waals surface area contributed by atoms with Crippen LogP contribution in [0.1, 0.15) is 5.69 Å². The number of methoxy groups -OCH3 is 1. The van der Waals surface area contributed by atoms with Crippen LogP contribution in [0.2, 0.25) is 10.0 Å². The Balaban J connectivity index is 2.16. The molecule has 3 rings (SSSR count). The molecule has 3 aromatic rings. The summed E-state index contributed by atoms with van der Waals surface area (Å²) < 4.78 is 7.36. The summed E-state index contributed by atoms with van der Waals surface area (Å²) in [7, 11) is 1.61. The summed E-state index contributed by atoms with van der Waals surface area (Å²) in [5.41, 5.74) is 9.04. The fraction of sp³-hybridized carbons (Fsp3) is 0.188. The predicted octanol–water partition coefficient (Wildman–Crippen LogP) is 3.82. The molecule has 0 spiro atoms. The number of hydrogen-bond acceptors (Lipinski definition) is 3. The number of nitrogens with two attached hydrogens (primary N) is 1. The summed E-state index contributed by atoms with van der Waals surface area (Å²) in [6.07, 6.45) is 4.66. The van der Waals surface area contributed by atoms with Crippen LogP contribution in [0.5, 0.6) is 5.75 Å². The first kappa shape index (κ1) is 15.2. The van der Waals surface area contributed by atoms with Crippen LogP contribution in [0.4, 0.5) is 0 Å². The van der Waals surface area contributed by atoms with Gasteiger partial charge < -0.3 is 14.9 Å². The number of hydrogen-bond donors (Lipinski definition) is 1. The van der Waals surface area contributed by atoms with Gasteiger partial charge in [0.25, 0.3) is 0 Å². The molecule has 4 nitrogen and oxygen atoms in total. The van der Waals surface area contributed by atoms with Crippen LogP contribution in [0.15, 0.2) is 36.7 Å². The molecule has 2 N–H and O–H groups in total. The van der Waals surface area contributed by atoms with Gasteiger partial charge in [-0.2, -0.15) is 0 Å². The molecule has 0 bridgehead atoms. The lowest BCUT2D eigenvalue weighted by Gasteiger charge is -2.12. The molecule has 0 atom stereocenters. The van der Waals surface area contributed by atoms with Gasteiger partial charge in [0, 0.05) is 24.4 Å². The standard InChI is InChI=1S/C16H15Cl2N3O/c1-22-13-3-2-12(17)16(18)15(13)10-5-7-21-9-11(4-6-19)20-14(21)8-10/h2-3,5,7-9H,4,6,19H2,1H3. The molecule has 1 aromatic carbocycles. The van der Waals surface area contributed by atoms with Crippen LogP contribution in [0.3, 0.4) is 0 Å². The molecular weight excluding hydrogens is 321 g/mol. The summed E-state index contributed by atoms with van der Waals surface area (Å²) in [5.74, 6) is 0.674. The van der Waals surface area contributed by atoms with Crippen molar-refractivity contribution < 1.29 is 4.74 Å². The lowest BCUT2D eigenvalue weighted by molar-refractivity contribution is 0.416. The third kappa shape index (κ3) is 2.65. The van der Waals surface area contributed by atoms with Crippen molar-refractivity contribution in [3.05, 3.63) is 52.4 Å². The lowest BCUT2D eigenvalue weighted by Crippen LogP contribution is -2.02. The zero-order valence-corrected chi connectivity index (χ0v) is 13.5. The minimum absolute atomic E-state index is 0.471. The van der Waals surface area contributed by atoms with E-state index in [4.69, 9.17) is 33.7 Å². The number of ether oxygens (including phenoxy) is 1. The number of rotatable bonds is 4. The van der Waals surface area contributed by atoms with Gasteiger partial charge in [-0.1, -0.05) is 23.2 Å². The van der Waals surface area contributed by atoms with Gasteiger partial charge in [-0.15, -0.1) is 0 Å². The van der Waals surface area contributed by atoms with Crippen molar-refractivity contribution in [3.63, 3.8) is 0 Å². The Morgan fingerprint density at radius 1 is 1.27 bits per heavy atom. The molecule has 0 aliphatic heterocycles. The first-order valence-corrected chi connectivity index (χ1v) is 7.59. The number of fused-ring (bicyclic) bond motifs is 1. The van der Waals surface area contributed by atoms with Gasteiger partial charge in [-0.05, 0) is 36.4 Å². The van der Waals surface area contributed by atoms with Gasteiger partial charge in [0.1, 0.15) is 11.4 Å². The van der Waals surface area contributed by atoms with Gasteiger partial charge in [0.15, 0.2) is 0 Å². The fourth-order valence-corrected chi connectivity index (χ4v) is 2.85. The second-order valence-electron chi connectivity index (χ2n) is 4.89. The zero-order valence-electron chi connectivity index (χ0n) is 12.0. The van der Waals surface area contributed by atoms with E-state index >= 15 is 0 Å². The van der Waals surface area contributed by atoms with Crippen LogP contribution in [0, 0.1) is 0 Å². The van der Waals surface area contributed by atoms with Crippen molar-refractivity contribution in [2.75, 3.05) is 13.7 Å². The third-order valence-corrected chi connectivity index (χ3v) is 4.28. The molecule has 0 saturated carbocycles. The van der Waals surface area contributed by atoms with E-state index in [1.54, 1.807) is 19.2 Å². The monoisotopic (exact) mass is 335 g/mol. The van der Waals surface area contributed by atoms with Crippen molar-refractivity contribution in [2.24, 2.45) is 5.73 Å². The Kier molecular flexibility index (Phi) is 4.25. The zero-order chi connectivity index (χ0) is 15.7. The normalized spacial score (nSPS) is 11.1. The molecule has 0 unspecified atom stereocenters. The summed E-state index contributed by atoms with van der Waals surface area (Å²) in [5, 5.41) is 0.962. The fourth-order valence-electron chi connectivity index (χ4n) is 2.43. The van der Waals surface area contributed by atoms with Crippen LogP contribution in [-0.4, -0.2) is 23.0 Å². The van der Waals surface area contributed by atoms with E-state index in [2.05, 4.69) is 4.98 Å². The Morgan fingerprint density at radius 2 is 2.09 bits per heavy atom. The molecule has 0 aliphatic rings. The third-order valence-electron chi connectivity index (χ3n) is 3.48. The van der Waals surface area contributed by atoms with Crippen molar-refractivity contribution in [3.8, 4) is 16.9 Å². The highest BCUT2D eigenvalue weighted by Gasteiger charge is 2.14. The van der Waals surface area contributed by atoms with Crippen LogP contribution in [0.25, 0.3) is 16.8 Å². The highest BCUT2D eigenvalue weighted by molar-refractivity contribution is 6.44. The van der Waals surface area contributed by atoms with E-state index in [0.717, 1.165) is 28.9 Å². The van der Waals surface area contributed by atoms with Crippen molar-refractivity contribution in [1.29, 1.82) is 0 Å². The van der Waals surface area contributed by atoms with Gasteiger partial charge in [-0.25, -0.2) is 4.98 Å². The number of imidazole rings is 1. The van der Waals surface area contributed by atoms with Gasteiger partial charge in [-0.3, -0.25) is 0 Å². The molecular formula is C16H15Cl2N3O. The predicted molar refractivity (Wildman–Crippen MR) is 90.0 cm³/mol. The van der Waals surface area contributed by atoms with Gasteiger partial charge >= 0.3 is 0 Å². The topological polar surface area (TPSA) is 52.5 Å². The summed E-state index contributed by atoms with van der Waals surface area (Å²) in [4.78, 5) is 4.56. The summed E-state index contributed by atoms with van der Waals surface area (Å²) in [6.45, 7) is 0.574. The van der Waals surface area contributed by atoms with Crippen molar-refractivity contribution >= 4 is 28.8 Å². The molecule has 2 aromatic heterocycles. The van der Waals surface area contributed by atoms with Crippen LogP contribution >= 0.6 is 23.2 Å². The number of benzene rings is 1. The number of aromatic nitrogens is 2. The molecule has 6 heteroatoms. The SMILES string of the molecule is COc1ccc(Cl)c(Cl)c1-c1ccn2cc(CCN)nc2c1. The molecule has 2 heterocycles. The number of halogens is 2. The van der Waals surface area contributed by atoms with Gasteiger partial charge in [0.2, 0.25) is 0 Å². The minimum atomic E-state index is 0.471. The lowest BCUT2D eigenvalue weighted by atomic mass is 10.1. The number of nitrogens with zero attached hydrogens (tertiary/aromatic N) is 2. The van der Waals surface area contributed by atoms with E-state index in [0.29, 0.717) is 22.3 Å². The van der Waals surface area contributed by atoms with E-state index in [1.165, 1.54) is 0 Å². The minimum Gasteiger partial charge on any atom is -0.496 e. The van der Waals surface area contributed by atoms with Crippen molar-refractivity contribution in [2.45, 2.75) is 6.42 Å². The Labute approximate surface area is 138 Å². The first-order chi connectivity index (χ1) is 10.6. The Bertz CT molecular complexity index is 830. The second-order valence-corrected chi connectivity index (χ2v) is 5.68.